The van der Waals surface area contributed by atoms with Crippen molar-refractivity contribution in [2.24, 2.45) is 0 Å². The zero-order valence-corrected chi connectivity index (χ0v) is 12.2. The van der Waals surface area contributed by atoms with Crippen molar-refractivity contribution in [2.75, 3.05) is 13.7 Å². The maximum atomic E-state index is 5.74. The minimum atomic E-state index is 0.0121. The van der Waals surface area contributed by atoms with Crippen LogP contribution in [-0.2, 0) is 22.6 Å². The fourth-order valence-corrected chi connectivity index (χ4v) is 2.59. The summed E-state index contributed by atoms with van der Waals surface area (Å²) in [6, 6.07) is 9.17. The van der Waals surface area contributed by atoms with E-state index in [-0.39, 0.29) is 5.60 Å². The van der Waals surface area contributed by atoms with Crippen LogP contribution in [0.15, 0.2) is 24.3 Å². The van der Waals surface area contributed by atoms with Gasteiger partial charge in [0.2, 0.25) is 0 Å². The van der Waals surface area contributed by atoms with Gasteiger partial charge in [-0.2, -0.15) is 0 Å². The Balaban J connectivity index is 1.81. The second-order valence-corrected chi connectivity index (χ2v) is 5.93. The molecule has 3 heteroatoms. The first-order valence-electron chi connectivity index (χ1n) is 7.03. The summed E-state index contributed by atoms with van der Waals surface area (Å²) < 4.78 is 10.9. The number of hydrogen-bond acceptors (Lipinski definition) is 3. The van der Waals surface area contributed by atoms with Gasteiger partial charge in [-0.15, -0.1) is 0 Å². The van der Waals surface area contributed by atoms with Gasteiger partial charge < -0.3 is 14.8 Å². The van der Waals surface area contributed by atoms with Crippen molar-refractivity contribution in [1.82, 2.24) is 5.32 Å². The molecule has 1 N–H and O–H groups in total. The maximum absolute atomic E-state index is 5.74. The zero-order valence-electron chi connectivity index (χ0n) is 12.2. The lowest BCUT2D eigenvalue weighted by Gasteiger charge is -2.36. The first-order valence-corrected chi connectivity index (χ1v) is 7.03. The van der Waals surface area contributed by atoms with Gasteiger partial charge in [0.05, 0.1) is 12.2 Å². The van der Waals surface area contributed by atoms with Crippen LogP contribution in [-0.4, -0.2) is 25.4 Å². The summed E-state index contributed by atoms with van der Waals surface area (Å²) in [5.41, 5.74) is 2.56. The molecule has 106 valence electrons. The van der Waals surface area contributed by atoms with Crippen molar-refractivity contribution >= 4 is 0 Å². The molecule has 0 aromatic heterocycles. The lowest BCUT2D eigenvalue weighted by Crippen LogP contribution is -2.43. The van der Waals surface area contributed by atoms with Crippen LogP contribution in [0.3, 0.4) is 0 Å². The highest BCUT2D eigenvalue weighted by atomic mass is 16.5. The van der Waals surface area contributed by atoms with Crippen LogP contribution >= 0.6 is 0 Å². The van der Waals surface area contributed by atoms with E-state index in [2.05, 4.69) is 43.4 Å². The maximum Gasteiger partial charge on any atom is 0.0713 e. The van der Waals surface area contributed by atoms with E-state index in [0.717, 1.165) is 26.0 Å². The smallest absolute Gasteiger partial charge is 0.0713 e. The van der Waals surface area contributed by atoms with Crippen LogP contribution in [0.5, 0.6) is 0 Å². The first kappa shape index (κ1) is 14.5. The monoisotopic (exact) mass is 263 g/mol. The van der Waals surface area contributed by atoms with Crippen molar-refractivity contribution < 1.29 is 9.47 Å². The first-order chi connectivity index (χ1) is 9.09. The van der Waals surface area contributed by atoms with E-state index in [1.807, 2.05) is 0 Å². The summed E-state index contributed by atoms with van der Waals surface area (Å²) in [5, 5.41) is 3.63. The number of methoxy groups -OCH3 is 1. The van der Waals surface area contributed by atoms with E-state index in [0.29, 0.717) is 12.6 Å². The molecule has 1 unspecified atom stereocenters. The van der Waals surface area contributed by atoms with Gasteiger partial charge in [-0.05, 0) is 37.8 Å². The predicted octanol–water partition coefficient (Wildman–Crippen LogP) is 2.88. The third-order valence-corrected chi connectivity index (χ3v) is 3.63. The molecule has 0 radical (unpaired) electrons. The Kier molecular flexibility index (Phi) is 4.97. The van der Waals surface area contributed by atoms with Gasteiger partial charge in [0.25, 0.3) is 0 Å². The molecule has 1 aliphatic rings. The van der Waals surface area contributed by atoms with Crippen molar-refractivity contribution in [1.29, 1.82) is 0 Å². The van der Waals surface area contributed by atoms with Crippen LogP contribution < -0.4 is 5.32 Å². The van der Waals surface area contributed by atoms with Crippen LogP contribution in [0.2, 0.25) is 0 Å². The molecule has 1 atom stereocenters. The molecule has 1 fully saturated rings. The molecule has 19 heavy (non-hydrogen) atoms. The lowest BCUT2D eigenvalue weighted by atomic mass is 9.94. The molecular weight excluding hydrogens is 238 g/mol. The highest BCUT2D eigenvalue weighted by molar-refractivity contribution is 5.22. The second kappa shape index (κ2) is 6.51. The summed E-state index contributed by atoms with van der Waals surface area (Å²) in [5.74, 6) is 0. The molecule has 0 saturated carbocycles. The Hall–Kier alpha value is -0.900. The summed E-state index contributed by atoms with van der Waals surface area (Å²) in [4.78, 5) is 0. The summed E-state index contributed by atoms with van der Waals surface area (Å²) >= 11 is 0. The molecule has 1 aromatic rings. The molecule has 0 spiro atoms. The fraction of sp³-hybridized carbons (Fsp3) is 0.625. The highest BCUT2D eigenvalue weighted by Crippen LogP contribution is 2.24. The average Bonchev–Trinajstić information content (AvgIpc) is 2.37. The van der Waals surface area contributed by atoms with Gasteiger partial charge in [0, 0.05) is 26.3 Å². The van der Waals surface area contributed by atoms with Gasteiger partial charge in [-0.25, -0.2) is 0 Å². The molecule has 1 aliphatic heterocycles. The van der Waals surface area contributed by atoms with E-state index in [1.165, 1.54) is 11.1 Å². The molecular formula is C16H25NO2. The lowest BCUT2D eigenvalue weighted by molar-refractivity contribution is -0.0630. The molecule has 1 saturated heterocycles. The van der Waals surface area contributed by atoms with E-state index in [1.54, 1.807) is 7.11 Å². The Labute approximate surface area is 116 Å². The Morgan fingerprint density at radius 2 is 1.95 bits per heavy atom. The van der Waals surface area contributed by atoms with Gasteiger partial charge in [0.15, 0.2) is 0 Å². The van der Waals surface area contributed by atoms with E-state index >= 15 is 0 Å². The third-order valence-electron chi connectivity index (χ3n) is 3.63. The number of ether oxygens (including phenoxy) is 2. The Morgan fingerprint density at radius 1 is 1.26 bits per heavy atom. The van der Waals surface area contributed by atoms with Crippen molar-refractivity contribution in [3.63, 3.8) is 0 Å². The van der Waals surface area contributed by atoms with Crippen LogP contribution in [0.25, 0.3) is 0 Å². The molecule has 2 rings (SSSR count). The van der Waals surface area contributed by atoms with E-state index < -0.39 is 0 Å². The summed E-state index contributed by atoms with van der Waals surface area (Å²) in [7, 11) is 1.72. The Morgan fingerprint density at radius 3 is 2.58 bits per heavy atom. The summed E-state index contributed by atoms with van der Waals surface area (Å²) in [6.07, 6.45) is 2.18. The molecule has 3 nitrogen and oxygen atoms in total. The van der Waals surface area contributed by atoms with Gasteiger partial charge in [-0.1, -0.05) is 24.3 Å². The van der Waals surface area contributed by atoms with Crippen LogP contribution in [0.4, 0.5) is 0 Å². The number of benzene rings is 1. The van der Waals surface area contributed by atoms with Crippen molar-refractivity contribution in [3.8, 4) is 0 Å². The van der Waals surface area contributed by atoms with E-state index in [4.69, 9.17) is 9.47 Å². The Bertz CT molecular complexity index is 386. The topological polar surface area (TPSA) is 30.5 Å². The molecule has 0 amide bonds. The standard InChI is InChI=1S/C16H25NO2/c1-16(2)10-15(8-9-19-16)17-11-13-4-6-14(7-5-13)12-18-3/h4-7,15,17H,8-12H2,1-3H3. The van der Waals surface area contributed by atoms with Gasteiger partial charge >= 0.3 is 0 Å². The van der Waals surface area contributed by atoms with Crippen molar-refractivity contribution in [3.05, 3.63) is 35.4 Å². The van der Waals surface area contributed by atoms with Crippen molar-refractivity contribution in [2.45, 2.75) is 51.5 Å². The normalized spacial score (nSPS) is 22.4. The SMILES string of the molecule is COCc1ccc(CNC2CCOC(C)(C)C2)cc1. The number of hydrogen-bond donors (Lipinski definition) is 1. The minimum Gasteiger partial charge on any atom is -0.380 e. The number of nitrogens with one attached hydrogen (secondary N) is 1. The molecule has 1 heterocycles. The minimum absolute atomic E-state index is 0.0121. The van der Waals surface area contributed by atoms with E-state index in [9.17, 15) is 0 Å². The number of rotatable bonds is 5. The quantitative estimate of drug-likeness (QED) is 0.886. The highest BCUT2D eigenvalue weighted by Gasteiger charge is 2.28. The van der Waals surface area contributed by atoms with Crippen LogP contribution in [0, 0.1) is 0 Å². The zero-order chi connectivity index (χ0) is 13.7. The molecule has 1 aromatic carbocycles. The third kappa shape index (κ3) is 4.60. The fourth-order valence-electron chi connectivity index (χ4n) is 2.59. The predicted molar refractivity (Wildman–Crippen MR) is 77.0 cm³/mol. The second-order valence-electron chi connectivity index (χ2n) is 5.93. The largest absolute Gasteiger partial charge is 0.380 e. The van der Waals surface area contributed by atoms with Crippen LogP contribution in [0.1, 0.15) is 37.8 Å². The average molecular weight is 263 g/mol. The molecule has 0 aliphatic carbocycles. The summed E-state index contributed by atoms with van der Waals surface area (Å²) in [6.45, 7) is 6.80. The molecule has 0 bridgehead atoms. The van der Waals surface area contributed by atoms with Gasteiger partial charge in [-0.3, -0.25) is 0 Å². The van der Waals surface area contributed by atoms with Gasteiger partial charge in [0.1, 0.15) is 0 Å².